The van der Waals surface area contributed by atoms with E-state index in [9.17, 15) is 29.1 Å². The van der Waals surface area contributed by atoms with Crippen LogP contribution in [0.4, 0.5) is 5.69 Å². The summed E-state index contributed by atoms with van der Waals surface area (Å²) < 4.78 is 0. The van der Waals surface area contributed by atoms with Crippen LogP contribution in [0.5, 0.6) is 5.75 Å². The molecule has 11 nitrogen and oxygen atoms in total. The average Bonchev–Trinajstić information content (AvgIpc) is 3.87. The van der Waals surface area contributed by atoms with Crippen LogP contribution in [0.2, 0.25) is 0 Å². The number of aromatic hydroxyl groups is 1. The van der Waals surface area contributed by atoms with Gasteiger partial charge in [0.05, 0.1) is 6.54 Å². The Morgan fingerprint density at radius 2 is 1.63 bits per heavy atom. The fourth-order valence-corrected chi connectivity index (χ4v) is 10.9. The summed E-state index contributed by atoms with van der Waals surface area (Å²) in [7, 11) is 1.44. The van der Waals surface area contributed by atoms with Gasteiger partial charge >= 0.3 is 0 Å². The number of fused-ring (bicyclic) bond motifs is 2. The van der Waals surface area contributed by atoms with E-state index in [2.05, 4.69) is 86.8 Å². The molecule has 0 radical (unpaired) electrons. The van der Waals surface area contributed by atoms with E-state index >= 15 is 0 Å². The zero-order valence-corrected chi connectivity index (χ0v) is 34.8. The van der Waals surface area contributed by atoms with Crippen LogP contribution >= 0.6 is 0 Å². The second-order valence-corrected chi connectivity index (χ2v) is 17.7. The summed E-state index contributed by atoms with van der Waals surface area (Å²) in [5.74, 6) is 0.152. The number of benzene rings is 3. The molecule has 5 unspecified atom stereocenters. The normalized spacial score (nSPS) is 23.8. The number of carbonyl (C=O) groups is 5. The lowest BCUT2D eigenvalue weighted by Gasteiger charge is -2.40. The number of imide groups is 1. The molecule has 5 aliphatic rings. The zero-order chi connectivity index (χ0) is 42.0. The van der Waals surface area contributed by atoms with Gasteiger partial charge < -0.3 is 25.0 Å². The number of amides is 4. The number of hydrogen-bond acceptors (Lipinski definition) is 8. The number of aldehydes is 1. The maximum atomic E-state index is 13.8. The van der Waals surface area contributed by atoms with Crippen LogP contribution in [0.1, 0.15) is 79.5 Å². The van der Waals surface area contributed by atoms with Crippen LogP contribution in [0.25, 0.3) is 0 Å². The minimum absolute atomic E-state index is 0.00364. The first-order valence-corrected chi connectivity index (χ1v) is 21.7. The van der Waals surface area contributed by atoms with Crippen molar-refractivity contribution in [3.8, 4) is 5.75 Å². The van der Waals surface area contributed by atoms with Gasteiger partial charge in [0.1, 0.15) is 18.1 Å². The number of nitrogens with zero attached hydrogens (tertiary/aromatic N) is 4. The van der Waals surface area contributed by atoms with Crippen molar-refractivity contribution in [2.24, 2.45) is 17.3 Å². The summed E-state index contributed by atoms with van der Waals surface area (Å²) in [6, 6.07) is 24.8. The summed E-state index contributed by atoms with van der Waals surface area (Å²) in [6.07, 6.45) is 10.2. The van der Waals surface area contributed by atoms with Crippen LogP contribution in [0.3, 0.4) is 0 Å². The van der Waals surface area contributed by atoms with Gasteiger partial charge in [-0.3, -0.25) is 29.0 Å². The molecule has 3 saturated heterocycles. The van der Waals surface area contributed by atoms with Crippen molar-refractivity contribution in [2.45, 2.75) is 69.7 Å². The van der Waals surface area contributed by atoms with Crippen molar-refractivity contribution in [3.05, 3.63) is 118 Å². The van der Waals surface area contributed by atoms with E-state index in [1.807, 2.05) is 25.1 Å². The number of rotatable bonds is 12. The molecule has 0 aromatic heterocycles. The van der Waals surface area contributed by atoms with Crippen molar-refractivity contribution in [1.29, 1.82) is 0 Å². The van der Waals surface area contributed by atoms with E-state index < -0.39 is 17.9 Å². The predicted octanol–water partition coefficient (Wildman–Crippen LogP) is 5.59. The molecular formula is C49H57N5O6. The molecule has 314 valence electrons. The number of anilines is 1. The van der Waals surface area contributed by atoms with Gasteiger partial charge in [0, 0.05) is 69.9 Å². The SMILES string of the molecule is CNC(=O)C(CCC=O)N(C=O)C(=O)C1=CC2CN(CC(=O)N3CCC4(CCN(c5ccc(C6c7ccc(O)cc7CCC6c6ccccc6)cc5)CC4)C3)CC2C=C1C. The lowest BCUT2D eigenvalue weighted by molar-refractivity contribution is -0.144. The summed E-state index contributed by atoms with van der Waals surface area (Å²) in [5, 5.41) is 12.7. The summed E-state index contributed by atoms with van der Waals surface area (Å²) in [5.41, 5.74) is 7.68. The van der Waals surface area contributed by atoms with Crippen molar-refractivity contribution in [1.82, 2.24) is 20.0 Å². The molecule has 8 rings (SSSR count). The third-order valence-corrected chi connectivity index (χ3v) is 14.2. The number of likely N-dealkylation sites (tertiary alicyclic amines) is 2. The highest BCUT2D eigenvalue weighted by Crippen LogP contribution is 2.48. The third kappa shape index (κ3) is 8.29. The summed E-state index contributed by atoms with van der Waals surface area (Å²) in [6.45, 7) is 6.96. The molecule has 0 bridgehead atoms. The number of nitrogens with one attached hydrogen (secondary N) is 1. The molecule has 1 spiro atoms. The van der Waals surface area contributed by atoms with Gasteiger partial charge in [0.25, 0.3) is 5.91 Å². The van der Waals surface area contributed by atoms with Crippen LogP contribution in [0, 0.1) is 17.3 Å². The monoisotopic (exact) mass is 811 g/mol. The molecule has 3 aromatic rings. The first-order chi connectivity index (χ1) is 29.1. The Hall–Kier alpha value is -5.55. The molecule has 0 saturated carbocycles. The Labute approximate surface area is 353 Å². The van der Waals surface area contributed by atoms with Crippen LogP contribution in [-0.2, 0) is 30.4 Å². The zero-order valence-electron chi connectivity index (χ0n) is 34.8. The largest absolute Gasteiger partial charge is 0.508 e. The predicted molar refractivity (Wildman–Crippen MR) is 230 cm³/mol. The van der Waals surface area contributed by atoms with Gasteiger partial charge in [-0.25, -0.2) is 0 Å². The smallest absolute Gasteiger partial charge is 0.260 e. The number of phenols is 1. The Bertz CT molecular complexity index is 2160. The van der Waals surface area contributed by atoms with Crippen molar-refractivity contribution >= 4 is 36.1 Å². The standard InChI is InChI=1S/C49H57N5O6/c1-33-25-37-28-51(29-38(37)27-43(33)48(60)54(32-56)44(9-6-24-55)47(59)50-2)30-45(58)53-23-20-49(31-53)18-21-52(22-19-49)39-13-10-35(11-14-39)46-41(34-7-4-3-5-8-34)16-12-36-26-40(57)15-17-42(36)46/h3-5,7-8,10-11,13-15,17,24-27,32,37-38,41,44,46,57H,6,9,12,16,18-23,28-31H2,1-2H3,(H,50,59). The van der Waals surface area contributed by atoms with Crippen molar-refractivity contribution in [3.63, 3.8) is 0 Å². The van der Waals surface area contributed by atoms with E-state index in [-0.39, 0.29) is 41.9 Å². The average molecular weight is 812 g/mol. The number of aryl methyl sites for hydroxylation is 1. The van der Waals surface area contributed by atoms with Gasteiger partial charge in [-0.15, -0.1) is 0 Å². The third-order valence-electron chi connectivity index (χ3n) is 14.2. The van der Waals surface area contributed by atoms with Crippen molar-refractivity contribution in [2.75, 3.05) is 57.8 Å². The van der Waals surface area contributed by atoms with Crippen LogP contribution in [0.15, 0.2) is 96.1 Å². The molecular weight excluding hydrogens is 755 g/mol. The number of phenolic OH excluding ortho intramolecular Hbond substituents is 1. The highest BCUT2D eigenvalue weighted by Gasteiger charge is 2.44. The van der Waals surface area contributed by atoms with Gasteiger partial charge in [0.2, 0.25) is 18.2 Å². The fourth-order valence-electron chi connectivity index (χ4n) is 10.9. The Balaban J connectivity index is 0.862. The molecule has 3 aliphatic heterocycles. The molecule has 4 amide bonds. The first kappa shape index (κ1) is 41.2. The molecule has 60 heavy (non-hydrogen) atoms. The minimum atomic E-state index is -1.07. The van der Waals surface area contributed by atoms with E-state index in [4.69, 9.17) is 0 Å². The topological polar surface area (TPSA) is 131 Å². The number of carbonyl (C=O) groups excluding carboxylic acids is 5. The molecule has 11 heteroatoms. The maximum Gasteiger partial charge on any atom is 0.260 e. The van der Waals surface area contributed by atoms with E-state index in [0.717, 1.165) is 68.8 Å². The number of hydrogen-bond donors (Lipinski definition) is 2. The van der Waals surface area contributed by atoms with Gasteiger partial charge in [0.15, 0.2) is 0 Å². The number of piperidine rings is 1. The first-order valence-electron chi connectivity index (χ1n) is 21.7. The lowest BCUT2D eigenvalue weighted by Crippen LogP contribution is -2.49. The van der Waals surface area contributed by atoms with Crippen molar-refractivity contribution < 1.29 is 29.1 Å². The Morgan fingerprint density at radius 1 is 0.917 bits per heavy atom. The molecule has 2 aliphatic carbocycles. The van der Waals surface area contributed by atoms with E-state index in [0.29, 0.717) is 49.6 Å². The van der Waals surface area contributed by atoms with Crippen LogP contribution in [-0.4, -0.2) is 109 Å². The molecule has 3 aromatic carbocycles. The molecule has 2 N–H and O–H groups in total. The van der Waals surface area contributed by atoms with E-state index in [1.165, 1.54) is 35.0 Å². The quantitative estimate of drug-likeness (QED) is 0.227. The lowest BCUT2D eigenvalue weighted by atomic mass is 9.69. The second-order valence-electron chi connectivity index (χ2n) is 17.7. The molecule has 5 atom stereocenters. The molecule has 3 fully saturated rings. The van der Waals surface area contributed by atoms with Crippen LogP contribution < -0.4 is 10.2 Å². The summed E-state index contributed by atoms with van der Waals surface area (Å²) in [4.78, 5) is 70.8. The van der Waals surface area contributed by atoms with E-state index in [1.54, 1.807) is 0 Å². The fraction of sp³-hybridized carbons (Fsp3) is 0.449. The summed E-state index contributed by atoms with van der Waals surface area (Å²) >= 11 is 0. The minimum Gasteiger partial charge on any atom is -0.508 e. The highest BCUT2D eigenvalue weighted by atomic mass is 16.3. The highest BCUT2D eigenvalue weighted by molar-refractivity contribution is 6.05. The maximum absolute atomic E-state index is 13.8. The van der Waals surface area contributed by atoms with Gasteiger partial charge in [-0.2, -0.15) is 0 Å². The number of likely N-dealkylation sites (N-methyl/N-ethyl adjacent to an activating group) is 1. The Morgan fingerprint density at radius 3 is 2.33 bits per heavy atom. The van der Waals surface area contributed by atoms with Gasteiger partial charge in [-0.05, 0) is 121 Å². The van der Waals surface area contributed by atoms with Gasteiger partial charge in [-0.1, -0.05) is 60.7 Å². The second kappa shape index (κ2) is 17.6. The Kier molecular flexibility index (Phi) is 12.1. The molecule has 3 heterocycles.